The molecule has 0 amide bonds. The van der Waals surface area contributed by atoms with E-state index in [9.17, 15) is 10.2 Å². The highest BCUT2D eigenvalue weighted by molar-refractivity contribution is 5.63. The minimum absolute atomic E-state index is 0.0363. The molecule has 3 heteroatoms. The highest BCUT2D eigenvalue weighted by Gasteiger charge is 2.01. The first-order valence-electron chi connectivity index (χ1n) is 4.04. The van der Waals surface area contributed by atoms with Crippen molar-refractivity contribution in [1.29, 1.82) is 0 Å². The number of rotatable bonds is 3. The lowest BCUT2D eigenvalue weighted by molar-refractivity contribution is 0.303. The second-order valence-electron chi connectivity index (χ2n) is 2.62. The smallest absolute Gasteiger partial charge is 0.126 e. The highest BCUT2D eigenvalue weighted by Crippen LogP contribution is 2.27. The van der Waals surface area contributed by atoms with Gasteiger partial charge in [0.05, 0.1) is 5.56 Å². The minimum Gasteiger partial charge on any atom is -0.507 e. The van der Waals surface area contributed by atoms with Crippen LogP contribution in [0.1, 0.15) is 12.0 Å². The SMILES string of the molecule is OCCC=Cc1c(O)cccc1O. The maximum absolute atomic E-state index is 9.32. The van der Waals surface area contributed by atoms with Crippen LogP contribution in [0, 0.1) is 0 Å². The van der Waals surface area contributed by atoms with Crippen molar-refractivity contribution in [3.8, 4) is 11.5 Å². The normalized spacial score (nSPS) is 10.8. The Bertz CT molecular complexity index is 285. The van der Waals surface area contributed by atoms with Crippen molar-refractivity contribution in [1.82, 2.24) is 0 Å². The Hall–Kier alpha value is -1.48. The molecule has 3 N–H and O–H groups in total. The van der Waals surface area contributed by atoms with Crippen LogP contribution >= 0.6 is 0 Å². The van der Waals surface area contributed by atoms with Gasteiger partial charge in [-0.2, -0.15) is 0 Å². The summed E-state index contributed by atoms with van der Waals surface area (Å²) in [5.41, 5.74) is 0.385. The number of hydrogen-bond donors (Lipinski definition) is 3. The van der Waals surface area contributed by atoms with Crippen LogP contribution in [0.25, 0.3) is 6.08 Å². The minimum atomic E-state index is 0.0363. The molecule has 0 aromatic heterocycles. The molecule has 0 aliphatic heterocycles. The van der Waals surface area contributed by atoms with Crippen LogP contribution in [-0.4, -0.2) is 21.9 Å². The molecule has 0 saturated carbocycles. The summed E-state index contributed by atoms with van der Waals surface area (Å²) in [6, 6.07) is 4.56. The number of phenols is 2. The highest BCUT2D eigenvalue weighted by atomic mass is 16.3. The van der Waals surface area contributed by atoms with Gasteiger partial charge in [-0.1, -0.05) is 18.2 Å². The maximum Gasteiger partial charge on any atom is 0.126 e. The van der Waals surface area contributed by atoms with Gasteiger partial charge in [0.2, 0.25) is 0 Å². The van der Waals surface area contributed by atoms with Gasteiger partial charge in [0.1, 0.15) is 11.5 Å². The van der Waals surface area contributed by atoms with E-state index >= 15 is 0 Å². The van der Waals surface area contributed by atoms with Gasteiger partial charge in [-0.15, -0.1) is 0 Å². The van der Waals surface area contributed by atoms with E-state index in [1.165, 1.54) is 12.1 Å². The number of aromatic hydroxyl groups is 2. The number of hydrogen-bond acceptors (Lipinski definition) is 3. The Morgan fingerprint density at radius 2 is 1.77 bits per heavy atom. The van der Waals surface area contributed by atoms with Gasteiger partial charge < -0.3 is 15.3 Å². The number of benzene rings is 1. The monoisotopic (exact) mass is 180 g/mol. The summed E-state index contributed by atoms with van der Waals surface area (Å²) in [6.45, 7) is 0.0604. The van der Waals surface area contributed by atoms with Crippen LogP contribution in [0.2, 0.25) is 0 Å². The van der Waals surface area contributed by atoms with Gasteiger partial charge in [0, 0.05) is 6.61 Å². The molecule has 1 aromatic rings. The van der Waals surface area contributed by atoms with E-state index in [4.69, 9.17) is 5.11 Å². The van der Waals surface area contributed by atoms with Crippen molar-refractivity contribution < 1.29 is 15.3 Å². The van der Waals surface area contributed by atoms with E-state index in [1.807, 2.05) is 0 Å². The van der Waals surface area contributed by atoms with Gasteiger partial charge in [0.25, 0.3) is 0 Å². The molecule has 70 valence electrons. The number of phenolic OH excluding ortho intramolecular Hbond substituents is 2. The van der Waals surface area contributed by atoms with Gasteiger partial charge >= 0.3 is 0 Å². The molecule has 0 heterocycles. The first-order chi connectivity index (χ1) is 6.25. The largest absolute Gasteiger partial charge is 0.507 e. The predicted octanol–water partition coefficient (Wildman–Crippen LogP) is 1.49. The molecule has 0 atom stereocenters. The van der Waals surface area contributed by atoms with Crippen LogP contribution in [-0.2, 0) is 0 Å². The quantitative estimate of drug-likeness (QED) is 0.660. The molecule has 0 fully saturated rings. The number of aliphatic hydroxyl groups is 1. The summed E-state index contributed by atoms with van der Waals surface area (Å²) >= 11 is 0. The van der Waals surface area contributed by atoms with E-state index in [2.05, 4.69) is 0 Å². The van der Waals surface area contributed by atoms with Crippen molar-refractivity contribution in [2.24, 2.45) is 0 Å². The van der Waals surface area contributed by atoms with Crippen molar-refractivity contribution >= 4 is 6.08 Å². The molecular weight excluding hydrogens is 168 g/mol. The summed E-state index contributed by atoms with van der Waals surface area (Å²) in [4.78, 5) is 0. The molecule has 1 rings (SSSR count). The van der Waals surface area contributed by atoms with Gasteiger partial charge in [-0.05, 0) is 18.6 Å². The fourth-order valence-corrected chi connectivity index (χ4v) is 0.988. The first kappa shape index (κ1) is 9.61. The van der Waals surface area contributed by atoms with E-state index in [-0.39, 0.29) is 18.1 Å². The van der Waals surface area contributed by atoms with E-state index in [0.29, 0.717) is 12.0 Å². The Morgan fingerprint density at radius 1 is 1.15 bits per heavy atom. The summed E-state index contributed by atoms with van der Waals surface area (Å²) in [6.07, 6.45) is 3.78. The third-order valence-corrected chi connectivity index (χ3v) is 1.64. The molecule has 0 radical (unpaired) electrons. The van der Waals surface area contributed by atoms with Crippen molar-refractivity contribution in [2.45, 2.75) is 6.42 Å². The average Bonchev–Trinajstić information content (AvgIpc) is 2.10. The lowest BCUT2D eigenvalue weighted by Gasteiger charge is -2.00. The summed E-state index contributed by atoms with van der Waals surface area (Å²) < 4.78 is 0. The van der Waals surface area contributed by atoms with E-state index < -0.39 is 0 Å². The zero-order valence-corrected chi connectivity index (χ0v) is 7.14. The molecule has 0 unspecified atom stereocenters. The zero-order chi connectivity index (χ0) is 9.68. The molecule has 13 heavy (non-hydrogen) atoms. The molecular formula is C10H12O3. The Balaban J connectivity index is 2.87. The average molecular weight is 180 g/mol. The molecule has 1 aromatic carbocycles. The van der Waals surface area contributed by atoms with Crippen LogP contribution in [0.4, 0.5) is 0 Å². The second kappa shape index (κ2) is 4.52. The van der Waals surface area contributed by atoms with Gasteiger partial charge in [-0.25, -0.2) is 0 Å². The van der Waals surface area contributed by atoms with Crippen molar-refractivity contribution in [3.05, 3.63) is 29.8 Å². The molecule has 0 saturated heterocycles. The molecule has 0 aliphatic rings. The topological polar surface area (TPSA) is 60.7 Å². The van der Waals surface area contributed by atoms with Crippen LogP contribution in [0.15, 0.2) is 24.3 Å². The van der Waals surface area contributed by atoms with Gasteiger partial charge in [-0.3, -0.25) is 0 Å². The molecule has 3 nitrogen and oxygen atoms in total. The molecule has 0 aliphatic carbocycles. The second-order valence-corrected chi connectivity index (χ2v) is 2.62. The lowest BCUT2D eigenvalue weighted by atomic mass is 10.1. The Kier molecular flexibility index (Phi) is 3.34. The van der Waals surface area contributed by atoms with Crippen LogP contribution < -0.4 is 0 Å². The third kappa shape index (κ3) is 2.49. The molecule has 0 spiro atoms. The molecule has 0 bridgehead atoms. The Labute approximate surface area is 76.6 Å². The van der Waals surface area contributed by atoms with E-state index in [0.717, 1.165) is 0 Å². The summed E-state index contributed by atoms with van der Waals surface area (Å²) in [5, 5.41) is 27.1. The fraction of sp³-hybridized carbons (Fsp3) is 0.200. The predicted molar refractivity (Wildman–Crippen MR) is 50.5 cm³/mol. The van der Waals surface area contributed by atoms with Gasteiger partial charge in [0.15, 0.2) is 0 Å². The summed E-state index contributed by atoms with van der Waals surface area (Å²) in [5.74, 6) is 0.0726. The maximum atomic E-state index is 9.32. The Morgan fingerprint density at radius 3 is 2.31 bits per heavy atom. The number of aliphatic hydroxyl groups excluding tert-OH is 1. The van der Waals surface area contributed by atoms with Crippen molar-refractivity contribution in [2.75, 3.05) is 6.61 Å². The first-order valence-corrected chi connectivity index (χ1v) is 4.04. The van der Waals surface area contributed by atoms with Crippen LogP contribution in [0.3, 0.4) is 0 Å². The summed E-state index contributed by atoms with van der Waals surface area (Å²) in [7, 11) is 0. The fourth-order valence-electron chi connectivity index (χ4n) is 0.988. The van der Waals surface area contributed by atoms with Crippen LogP contribution in [0.5, 0.6) is 11.5 Å². The third-order valence-electron chi connectivity index (χ3n) is 1.64. The lowest BCUT2D eigenvalue weighted by Crippen LogP contribution is -1.78. The van der Waals surface area contributed by atoms with Crippen molar-refractivity contribution in [3.63, 3.8) is 0 Å². The van der Waals surface area contributed by atoms with E-state index in [1.54, 1.807) is 18.2 Å². The zero-order valence-electron chi connectivity index (χ0n) is 7.14. The standard InChI is InChI=1S/C10H12O3/c11-7-2-1-4-8-9(12)5-3-6-10(8)13/h1,3-6,11-13H,2,7H2.